The number of nitrogens with zero attached hydrogens (tertiary/aromatic N) is 1. The molecule has 1 heterocycles. The molecule has 12 heavy (non-hydrogen) atoms. The minimum absolute atomic E-state index is 0.800. The lowest BCUT2D eigenvalue weighted by Crippen LogP contribution is -1.94. The van der Waals surface area contributed by atoms with Gasteiger partial charge in [-0.3, -0.25) is 4.98 Å². The van der Waals surface area contributed by atoms with E-state index in [2.05, 4.69) is 10.9 Å². The molecule has 0 spiro atoms. The van der Waals surface area contributed by atoms with Crippen LogP contribution in [0.15, 0.2) is 18.5 Å². The Morgan fingerprint density at radius 3 is 3.08 bits per heavy atom. The monoisotopic (exact) mass is 160 g/mol. The molecule has 0 aliphatic heterocycles. The van der Waals surface area contributed by atoms with Gasteiger partial charge in [-0.25, -0.2) is 0 Å². The molecule has 0 fully saturated rings. The number of aryl methyl sites for hydroxylation is 1. The van der Waals surface area contributed by atoms with Crippen molar-refractivity contribution in [3.05, 3.63) is 24.0 Å². The van der Waals surface area contributed by atoms with E-state index in [1.807, 2.05) is 6.07 Å². The lowest BCUT2D eigenvalue weighted by Gasteiger charge is -2.01. The first kappa shape index (κ1) is 8.61. The van der Waals surface area contributed by atoms with Crippen molar-refractivity contribution in [2.24, 2.45) is 0 Å². The molecule has 2 heteroatoms. The van der Waals surface area contributed by atoms with Crippen molar-refractivity contribution in [3.63, 3.8) is 0 Å². The second-order valence-corrected chi connectivity index (χ2v) is 2.63. The highest BCUT2D eigenvalue weighted by molar-refractivity contribution is 5.44. The van der Waals surface area contributed by atoms with Gasteiger partial charge in [0, 0.05) is 24.5 Å². The van der Waals surface area contributed by atoms with Gasteiger partial charge in [0.15, 0.2) is 0 Å². The molecule has 0 atom stereocenters. The van der Waals surface area contributed by atoms with Crippen LogP contribution in [-0.4, -0.2) is 4.98 Å². The summed E-state index contributed by atoms with van der Waals surface area (Å²) >= 11 is 0. The molecular formula is C10H12N2. The first-order valence-corrected chi connectivity index (χ1v) is 3.96. The smallest absolute Gasteiger partial charge is 0.0377 e. The van der Waals surface area contributed by atoms with E-state index < -0.39 is 0 Å². The zero-order valence-corrected chi connectivity index (χ0v) is 6.96. The van der Waals surface area contributed by atoms with E-state index in [1.165, 1.54) is 0 Å². The molecule has 0 saturated carbocycles. The molecule has 0 bridgehead atoms. The fraction of sp³-hybridized carbons (Fsp3) is 0.300. The highest BCUT2D eigenvalue weighted by Gasteiger charge is 1.96. The Morgan fingerprint density at radius 2 is 2.42 bits per heavy atom. The fourth-order valence-corrected chi connectivity index (χ4v) is 1.03. The van der Waals surface area contributed by atoms with Crippen molar-refractivity contribution in [2.75, 3.05) is 5.73 Å². The average molecular weight is 160 g/mol. The highest BCUT2D eigenvalue weighted by Crippen LogP contribution is 2.11. The molecule has 2 N–H and O–H groups in total. The Balaban J connectivity index is 2.53. The van der Waals surface area contributed by atoms with Crippen molar-refractivity contribution in [1.82, 2.24) is 4.98 Å². The molecule has 0 saturated heterocycles. The predicted molar refractivity (Wildman–Crippen MR) is 50.4 cm³/mol. The predicted octanol–water partition coefficient (Wildman–Crippen LogP) is 1.62. The van der Waals surface area contributed by atoms with E-state index in [9.17, 15) is 0 Å². The number of aromatic nitrogens is 1. The van der Waals surface area contributed by atoms with Gasteiger partial charge in [-0.15, -0.1) is 12.3 Å². The molecule has 0 aromatic carbocycles. The third kappa shape index (κ3) is 2.28. The number of anilines is 1. The van der Waals surface area contributed by atoms with E-state index in [-0.39, 0.29) is 0 Å². The number of nitrogens with two attached hydrogens (primary N) is 1. The van der Waals surface area contributed by atoms with Crippen molar-refractivity contribution in [2.45, 2.75) is 19.3 Å². The summed E-state index contributed by atoms with van der Waals surface area (Å²) in [5, 5.41) is 0. The van der Waals surface area contributed by atoms with E-state index in [4.69, 9.17) is 12.2 Å². The minimum Gasteiger partial charge on any atom is -0.398 e. The first-order valence-electron chi connectivity index (χ1n) is 3.96. The van der Waals surface area contributed by atoms with Crippen molar-refractivity contribution < 1.29 is 0 Å². The summed E-state index contributed by atoms with van der Waals surface area (Å²) in [5.41, 5.74) is 7.61. The zero-order chi connectivity index (χ0) is 8.81. The maximum Gasteiger partial charge on any atom is 0.0377 e. The molecule has 0 radical (unpaired) electrons. The zero-order valence-electron chi connectivity index (χ0n) is 6.96. The van der Waals surface area contributed by atoms with Gasteiger partial charge in [-0.2, -0.15) is 0 Å². The van der Waals surface area contributed by atoms with Crippen LogP contribution >= 0.6 is 0 Å². The van der Waals surface area contributed by atoms with Crippen molar-refractivity contribution in [3.8, 4) is 12.3 Å². The number of nitrogen functional groups attached to an aromatic ring is 1. The minimum atomic E-state index is 0.800. The summed E-state index contributed by atoms with van der Waals surface area (Å²) < 4.78 is 0. The quantitative estimate of drug-likeness (QED) is 0.539. The second kappa shape index (κ2) is 4.40. The van der Waals surface area contributed by atoms with Gasteiger partial charge >= 0.3 is 0 Å². The molecule has 0 aliphatic carbocycles. The Hall–Kier alpha value is -1.49. The SMILES string of the molecule is C#CCCCc1cnccc1N. The van der Waals surface area contributed by atoms with Crippen LogP contribution in [0.4, 0.5) is 5.69 Å². The van der Waals surface area contributed by atoms with Gasteiger partial charge in [0.2, 0.25) is 0 Å². The lowest BCUT2D eigenvalue weighted by atomic mass is 10.1. The maximum atomic E-state index is 5.71. The van der Waals surface area contributed by atoms with Crippen molar-refractivity contribution >= 4 is 5.69 Å². The van der Waals surface area contributed by atoms with Crippen LogP contribution in [0.25, 0.3) is 0 Å². The van der Waals surface area contributed by atoms with Gasteiger partial charge in [0.1, 0.15) is 0 Å². The van der Waals surface area contributed by atoms with E-state index in [0.717, 1.165) is 30.5 Å². The molecule has 1 aromatic rings. The van der Waals surface area contributed by atoms with Gasteiger partial charge in [-0.1, -0.05) is 0 Å². The number of rotatable bonds is 3. The first-order chi connectivity index (χ1) is 5.84. The standard InChI is InChI=1S/C10H12N2/c1-2-3-4-5-9-8-12-7-6-10(9)11/h1,6-8H,3-5H2,(H2,11,12). The van der Waals surface area contributed by atoms with E-state index in [0.29, 0.717) is 0 Å². The van der Waals surface area contributed by atoms with E-state index >= 15 is 0 Å². The number of hydrogen-bond acceptors (Lipinski definition) is 2. The summed E-state index contributed by atoms with van der Waals surface area (Å²) in [6.45, 7) is 0. The van der Waals surface area contributed by atoms with Crippen molar-refractivity contribution in [1.29, 1.82) is 0 Å². The number of pyridine rings is 1. The van der Waals surface area contributed by atoms with Gasteiger partial charge in [0.25, 0.3) is 0 Å². The van der Waals surface area contributed by atoms with Gasteiger partial charge in [0.05, 0.1) is 0 Å². The van der Waals surface area contributed by atoms with Gasteiger partial charge < -0.3 is 5.73 Å². The maximum absolute atomic E-state index is 5.71. The van der Waals surface area contributed by atoms with E-state index in [1.54, 1.807) is 12.4 Å². The van der Waals surface area contributed by atoms with Crippen LogP contribution in [0.1, 0.15) is 18.4 Å². The Kier molecular flexibility index (Phi) is 3.16. The van der Waals surface area contributed by atoms with Crippen LogP contribution in [0.5, 0.6) is 0 Å². The second-order valence-electron chi connectivity index (χ2n) is 2.63. The fourth-order valence-electron chi connectivity index (χ4n) is 1.03. The summed E-state index contributed by atoms with van der Waals surface area (Å²) in [7, 11) is 0. The number of terminal acetylenes is 1. The molecule has 0 aliphatic rings. The van der Waals surface area contributed by atoms with Crippen LogP contribution in [0.3, 0.4) is 0 Å². The lowest BCUT2D eigenvalue weighted by molar-refractivity contribution is 0.855. The molecule has 2 nitrogen and oxygen atoms in total. The summed E-state index contributed by atoms with van der Waals surface area (Å²) in [5.74, 6) is 2.60. The van der Waals surface area contributed by atoms with Crippen LogP contribution in [0, 0.1) is 12.3 Å². The summed E-state index contributed by atoms with van der Waals surface area (Å²) in [6.07, 6.45) is 11.3. The average Bonchev–Trinajstić information content (AvgIpc) is 2.09. The molecular weight excluding hydrogens is 148 g/mol. The number of hydrogen-bond donors (Lipinski definition) is 1. The molecule has 0 amide bonds. The largest absolute Gasteiger partial charge is 0.398 e. The summed E-state index contributed by atoms with van der Waals surface area (Å²) in [6, 6.07) is 1.81. The third-order valence-electron chi connectivity index (χ3n) is 1.71. The number of unbranched alkanes of at least 4 members (excludes halogenated alkanes) is 1. The van der Waals surface area contributed by atoms with Crippen LogP contribution < -0.4 is 5.73 Å². The summed E-state index contributed by atoms with van der Waals surface area (Å²) in [4.78, 5) is 3.99. The normalized spacial score (nSPS) is 9.25. The topological polar surface area (TPSA) is 38.9 Å². The van der Waals surface area contributed by atoms with Crippen LogP contribution in [0.2, 0.25) is 0 Å². The molecule has 62 valence electrons. The third-order valence-corrected chi connectivity index (χ3v) is 1.71. The highest BCUT2D eigenvalue weighted by atomic mass is 14.7. The molecule has 1 rings (SSSR count). The van der Waals surface area contributed by atoms with Crippen LogP contribution in [-0.2, 0) is 6.42 Å². The Labute approximate surface area is 72.8 Å². The Bertz CT molecular complexity index is 286. The van der Waals surface area contributed by atoms with Gasteiger partial charge in [-0.05, 0) is 24.5 Å². The Morgan fingerprint density at radius 1 is 1.58 bits per heavy atom. The molecule has 1 aromatic heterocycles. The molecule has 0 unspecified atom stereocenters.